The van der Waals surface area contributed by atoms with E-state index in [9.17, 15) is 36.0 Å². The number of amides is 2. The zero-order chi connectivity index (χ0) is 37.6. The van der Waals surface area contributed by atoms with Crippen LogP contribution in [0, 0.1) is 17.5 Å². The Morgan fingerprint density at radius 3 is 2.35 bits per heavy atom. The number of hydrogen-bond acceptors (Lipinski definition) is 10. The van der Waals surface area contributed by atoms with Crippen LogP contribution in [0.4, 0.5) is 23.8 Å². The molecule has 14 nitrogen and oxygen atoms in total. The van der Waals surface area contributed by atoms with Gasteiger partial charge in [-0.3, -0.25) is 18.8 Å². The maximum Gasteiger partial charge on any atom is 0.405 e. The van der Waals surface area contributed by atoms with Crippen LogP contribution in [0.2, 0.25) is 5.02 Å². The van der Waals surface area contributed by atoms with Crippen molar-refractivity contribution in [1.82, 2.24) is 24.3 Å². The molecule has 1 unspecified atom stereocenters. The summed E-state index contributed by atoms with van der Waals surface area (Å²) in [6.45, 7) is 1.01. The SMILES string of the molecule is CC(=O)N(c1nn(C)c2c(-n3c(C(Cc4cc(F)cc(F)c4)OC(N)=O)nc4nc(Oc5ccccc5F)ccc4c3=O)ccc(Cl)c12)S(C)(=O)=O. The van der Waals surface area contributed by atoms with E-state index in [-0.39, 0.29) is 61.5 Å². The molecule has 2 N–H and O–H groups in total. The number of pyridine rings is 1. The first kappa shape index (κ1) is 35.8. The van der Waals surface area contributed by atoms with Gasteiger partial charge >= 0.3 is 6.09 Å². The van der Waals surface area contributed by atoms with Gasteiger partial charge in [0.05, 0.1) is 33.3 Å². The van der Waals surface area contributed by atoms with E-state index < -0.39 is 57.6 Å². The Hall–Kier alpha value is -6.01. The van der Waals surface area contributed by atoms with Crippen molar-refractivity contribution in [1.29, 1.82) is 0 Å². The zero-order valence-electron chi connectivity index (χ0n) is 27.2. The quantitative estimate of drug-likeness (QED) is 0.205. The van der Waals surface area contributed by atoms with Gasteiger partial charge in [0.1, 0.15) is 11.6 Å². The topological polar surface area (TPSA) is 182 Å². The second-order valence-electron chi connectivity index (χ2n) is 11.4. The standard InChI is InChI=1S/C33H25ClF3N7O7S/c1-16(45)44(52(3,48)49)31-27-21(34)9-10-23(28(27)42(2)41-31)43-30(25(51-33(38)47)14-17-12-18(35)15-19(36)13-17)40-29-20(32(43)46)8-11-26(39-29)50-24-7-5-4-6-22(24)37/h4-13,15,25H,14H2,1-3H3,(H2,38,47). The Morgan fingerprint density at radius 2 is 1.71 bits per heavy atom. The Labute approximate surface area is 296 Å². The van der Waals surface area contributed by atoms with Crippen LogP contribution in [-0.4, -0.2) is 51.0 Å². The average molecular weight is 756 g/mol. The van der Waals surface area contributed by atoms with Crippen molar-refractivity contribution in [2.45, 2.75) is 19.4 Å². The third-order valence-corrected chi connectivity index (χ3v) is 9.03. The second kappa shape index (κ2) is 13.6. The Bertz CT molecular complexity index is 2600. The van der Waals surface area contributed by atoms with Gasteiger partial charge in [-0.2, -0.15) is 14.4 Å². The van der Waals surface area contributed by atoms with E-state index in [0.717, 1.165) is 35.9 Å². The van der Waals surface area contributed by atoms with Crippen LogP contribution < -0.4 is 20.3 Å². The van der Waals surface area contributed by atoms with Crippen LogP contribution in [-0.2, 0) is 33.0 Å². The summed E-state index contributed by atoms with van der Waals surface area (Å²) in [7, 11) is -2.85. The van der Waals surface area contributed by atoms with E-state index in [1.165, 1.54) is 54.2 Å². The number of anilines is 1. The molecule has 6 aromatic rings. The van der Waals surface area contributed by atoms with Crippen molar-refractivity contribution in [3.63, 3.8) is 0 Å². The largest absolute Gasteiger partial charge is 0.438 e. The van der Waals surface area contributed by atoms with Gasteiger partial charge in [0.15, 0.2) is 35.0 Å². The Kier molecular flexibility index (Phi) is 9.37. The highest BCUT2D eigenvalue weighted by molar-refractivity contribution is 7.92. The number of carbonyl (C=O) groups is 2. The van der Waals surface area contributed by atoms with Gasteiger partial charge in [0.2, 0.25) is 21.8 Å². The van der Waals surface area contributed by atoms with Gasteiger partial charge in [-0.05, 0) is 48.0 Å². The number of hydrogen-bond donors (Lipinski definition) is 1. The van der Waals surface area contributed by atoms with Crippen LogP contribution in [0.5, 0.6) is 11.6 Å². The van der Waals surface area contributed by atoms with Crippen LogP contribution >= 0.6 is 11.6 Å². The third-order valence-electron chi connectivity index (χ3n) is 7.62. The molecule has 0 saturated carbocycles. The first-order chi connectivity index (χ1) is 24.5. The number of aromatic nitrogens is 5. The number of primary amides is 1. The third kappa shape index (κ3) is 6.84. The van der Waals surface area contributed by atoms with Gasteiger partial charge in [-0.1, -0.05) is 23.7 Å². The normalized spacial score (nSPS) is 12.2. The molecular weight excluding hydrogens is 731 g/mol. The summed E-state index contributed by atoms with van der Waals surface area (Å²) in [5, 5.41) is 4.00. The highest BCUT2D eigenvalue weighted by Gasteiger charge is 2.32. The van der Waals surface area contributed by atoms with Crippen molar-refractivity contribution in [3.8, 4) is 17.3 Å². The molecule has 1 atom stereocenters. The smallest absolute Gasteiger partial charge is 0.405 e. The fraction of sp³-hybridized carbons (Fsp3) is 0.152. The summed E-state index contributed by atoms with van der Waals surface area (Å²) in [6.07, 6.45) is -2.65. The molecular formula is C33H25ClF3N7O7S. The predicted octanol–water partition coefficient (Wildman–Crippen LogP) is 5.22. The number of halogens is 4. The number of fused-ring (bicyclic) bond motifs is 2. The number of ether oxygens (including phenoxy) is 2. The van der Waals surface area contributed by atoms with Crippen molar-refractivity contribution >= 4 is 61.4 Å². The van der Waals surface area contributed by atoms with Crippen molar-refractivity contribution in [2.24, 2.45) is 12.8 Å². The fourth-order valence-electron chi connectivity index (χ4n) is 5.68. The molecule has 268 valence electrons. The molecule has 3 aromatic heterocycles. The molecule has 2 amide bonds. The maximum absolute atomic E-state index is 14.5. The zero-order valence-corrected chi connectivity index (χ0v) is 28.7. The van der Waals surface area contributed by atoms with Gasteiger partial charge in [0, 0.05) is 32.5 Å². The van der Waals surface area contributed by atoms with E-state index in [1.54, 1.807) is 0 Å². The number of nitrogens with zero attached hydrogens (tertiary/aromatic N) is 6. The molecule has 0 radical (unpaired) electrons. The minimum atomic E-state index is -4.24. The maximum atomic E-state index is 14.5. The van der Waals surface area contributed by atoms with E-state index in [1.807, 2.05) is 0 Å². The summed E-state index contributed by atoms with van der Waals surface area (Å²) in [5.41, 5.74) is 4.25. The predicted molar refractivity (Wildman–Crippen MR) is 182 cm³/mol. The molecule has 19 heteroatoms. The number of nitrogens with two attached hydrogens (primary N) is 1. The number of sulfonamides is 1. The first-order valence-electron chi connectivity index (χ1n) is 15.0. The fourth-order valence-corrected chi connectivity index (χ4v) is 6.83. The molecule has 0 aliphatic rings. The van der Waals surface area contributed by atoms with Gasteiger partial charge < -0.3 is 15.2 Å². The molecule has 0 aliphatic heterocycles. The minimum Gasteiger partial charge on any atom is -0.438 e. The molecule has 0 aliphatic carbocycles. The lowest BCUT2D eigenvalue weighted by Crippen LogP contribution is -2.34. The van der Waals surface area contributed by atoms with Crippen LogP contribution in [0.1, 0.15) is 24.4 Å². The summed E-state index contributed by atoms with van der Waals surface area (Å²) >= 11 is 6.58. The molecule has 6 rings (SSSR count). The van der Waals surface area contributed by atoms with Gasteiger partial charge in [-0.25, -0.2) is 31.4 Å². The van der Waals surface area contributed by atoms with Gasteiger partial charge in [0.25, 0.3) is 5.56 Å². The van der Waals surface area contributed by atoms with Crippen LogP contribution in [0.15, 0.2) is 71.5 Å². The average Bonchev–Trinajstić information content (AvgIpc) is 3.37. The van der Waals surface area contributed by atoms with Crippen LogP contribution in [0.25, 0.3) is 27.6 Å². The number of para-hydroxylation sites is 1. The highest BCUT2D eigenvalue weighted by atomic mass is 35.5. The molecule has 0 spiro atoms. The molecule has 0 bridgehead atoms. The first-order valence-corrected chi connectivity index (χ1v) is 17.2. The molecule has 0 saturated heterocycles. The monoisotopic (exact) mass is 755 g/mol. The number of aryl methyl sites for hydroxylation is 1. The minimum absolute atomic E-state index is 0.0176. The number of rotatable bonds is 9. The van der Waals surface area contributed by atoms with E-state index in [2.05, 4.69) is 15.1 Å². The van der Waals surface area contributed by atoms with E-state index in [0.29, 0.717) is 10.4 Å². The molecule has 3 aromatic carbocycles. The van der Waals surface area contributed by atoms with Crippen molar-refractivity contribution < 1.29 is 40.7 Å². The number of benzene rings is 3. The lowest BCUT2D eigenvalue weighted by Gasteiger charge is -2.22. The Balaban J connectivity index is 1.67. The lowest BCUT2D eigenvalue weighted by molar-refractivity contribution is -0.115. The van der Waals surface area contributed by atoms with Crippen LogP contribution in [0.3, 0.4) is 0 Å². The number of carbonyl (C=O) groups excluding carboxylic acids is 2. The Morgan fingerprint density at radius 1 is 1.02 bits per heavy atom. The summed E-state index contributed by atoms with van der Waals surface area (Å²) in [5.74, 6) is -4.63. The summed E-state index contributed by atoms with van der Waals surface area (Å²) in [4.78, 5) is 48.2. The van der Waals surface area contributed by atoms with Gasteiger partial charge in [-0.15, -0.1) is 0 Å². The van der Waals surface area contributed by atoms with E-state index >= 15 is 0 Å². The highest BCUT2D eigenvalue weighted by Crippen LogP contribution is 2.38. The molecule has 52 heavy (non-hydrogen) atoms. The van der Waals surface area contributed by atoms with Crippen molar-refractivity contribution in [2.75, 3.05) is 10.6 Å². The molecule has 0 fully saturated rings. The van der Waals surface area contributed by atoms with Crippen molar-refractivity contribution in [3.05, 3.63) is 111 Å². The molecule has 3 heterocycles. The summed E-state index contributed by atoms with van der Waals surface area (Å²) < 4.78 is 82.0. The van der Waals surface area contributed by atoms with E-state index in [4.69, 9.17) is 26.8 Å². The summed E-state index contributed by atoms with van der Waals surface area (Å²) in [6, 6.07) is 13.3. The lowest BCUT2D eigenvalue weighted by atomic mass is 10.1. The second-order valence-corrected chi connectivity index (χ2v) is 13.6.